The summed E-state index contributed by atoms with van der Waals surface area (Å²) < 4.78 is 5.96. The number of carbonyl (C=O) groups is 1. The molecule has 0 radical (unpaired) electrons. The van der Waals surface area contributed by atoms with Crippen molar-refractivity contribution in [3.05, 3.63) is 78.4 Å². The summed E-state index contributed by atoms with van der Waals surface area (Å²) in [6.45, 7) is 4.67. The second-order valence-corrected chi connectivity index (χ2v) is 6.58. The number of carbonyl (C=O) groups excluding carboxylic acids is 1. The van der Waals surface area contributed by atoms with Crippen molar-refractivity contribution in [3.8, 4) is 5.75 Å². The fourth-order valence-corrected chi connectivity index (χ4v) is 2.99. The van der Waals surface area contributed by atoms with Gasteiger partial charge in [0.1, 0.15) is 5.75 Å². The summed E-state index contributed by atoms with van der Waals surface area (Å²) >= 11 is 0. The van der Waals surface area contributed by atoms with Crippen molar-refractivity contribution in [1.29, 1.82) is 0 Å². The van der Waals surface area contributed by atoms with Crippen LogP contribution >= 0.6 is 0 Å². The average Bonchev–Trinajstić information content (AvgIpc) is 2.70. The third-order valence-electron chi connectivity index (χ3n) is 4.61. The van der Waals surface area contributed by atoms with E-state index in [9.17, 15) is 4.79 Å². The summed E-state index contributed by atoms with van der Waals surface area (Å²) in [5.41, 5.74) is 1.22. The molecule has 26 heavy (non-hydrogen) atoms. The van der Waals surface area contributed by atoms with Crippen molar-refractivity contribution in [3.63, 3.8) is 0 Å². The summed E-state index contributed by atoms with van der Waals surface area (Å²) in [4.78, 5) is 12.5. The van der Waals surface area contributed by atoms with Crippen molar-refractivity contribution < 1.29 is 9.53 Å². The van der Waals surface area contributed by atoms with Gasteiger partial charge in [0.05, 0.1) is 0 Å². The van der Waals surface area contributed by atoms with E-state index in [0.29, 0.717) is 13.0 Å². The minimum absolute atomic E-state index is 0.0663. The normalized spacial score (nSPS) is 13.2. The van der Waals surface area contributed by atoms with Gasteiger partial charge in [0, 0.05) is 6.54 Å². The number of hydrogen-bond donors (Lipinski definition) is 1. The highest BCUT2D eigenvalue weighted by atomic mass is 16.5. The largest absolute Gasteiger partial charge is 0.481 e. The Morgan fingerprint density at radius 1 is 0.962 bits per heavy atom. The van der Waals surface area contributed by atoms with Crippen LogP contribution in [0, 0.1) is 0 Å². The summed E-state index contributed by atoms with van der Waals surface area (Å²) in [5.74, 6) is 0.920. The third kappa shape index (κ3) is 4.42. The summed E-state index contributed by atoms with van der Waals surface area (Å²) in [6, 6.07) is 24.3. The Kier molecular flexibility index (Phi) is 5.90. The van der Waals surface area contributed by atoms with E-state index in [1.54, 1.807) is 0 Å². The summed E-state index contributed by atoms with van der Waals surface area (Å²) in [6.07, 6.45) is 0.136. The first-order chi connectivity index (χ1) is 12.7. The van der Waals surface area contributed by atoms with Crippen LogP contribution < -0.4 is 10.1 Å². The lowest BCUT2D eigenvalue weighted by molar-refractivity contribution is -0.128. The molecule has 0 spiro atoms. The van der Waals surface area contributed by atoms with Gasteiger partial charge < -0.3 is 10.1 Å². The number of hydrogen-bond acceptors (Lipinski definition) is 2. The number of nitrogens with one attached hydrogen (secondary N) is 1. The highest BCUT2D eigenvalue weighted by molar-refractivity contribution is 5.84. The van der Waals surface area contributed by atoms with Crippen LogP contribution in [-0.4, -0.2) is 18.6 Å². The van der Waals surface area contributed by atoms with Gasteiger partial charge in [-0.25, -0.2) is 0 Å². The minimum Gasteiger partial charge on any atom is -0.481 e. The lowest BCUT2D eigenvalue weighted by atomic mass is 10.0. The van der Waals surface area contributed by atoms with Crippen LogP contribution in [0.4, 0.5) is 0 Å². The Morgan fingerprint density at radius 3 is 2.38 bits per heavy atom. The summed E-state index contributed by atoms with van der Waals surface area (Å²) in [7, 11) is 0. The van der Waals surface area contributed by atoms with Crippen molar-refractivity contribution in [1.82, 2.24) is 5.32 Å². The number of benzene rings is 3. The van der Waals surface area contributed by atoms with E-state index in [4.69, 9.17) is 4.74 Å². The zero-order valence-corrected chi connectivity index (χ0v) is 15.3. The number of rotatable bonds is 7. The molecular formula is C23H25NO2. The maximum Gasteiger partial charge on any atom is 0.261 e. The number of ether oxygens (including phenoxy) is 1. The smallest absolute Gasteiger partial charge is 0.261 e. The molecule has 2 atom stereocenters. The Labute approximate surface area is 155 Å². The predicted molar refractivity (Wildman–Crippen MR) is 107 cm³/mol. The van der Waals surface area contributed by atoms with Crippen LogP contribution in [0.1, 0.15) is 31.7 Å². The molecule has 0 aliphatic carbocycles. The molecular weight excluding hydrogens is 322 g/mol. The summed E-state index contributed by atoms with van der Waals surface area (Å²) in [5, 5.41) is 5.30. The zero-order valence-electron chi connectivity index (χ0n) is 15.3. The molecule has 3 aromatic carbocycles. The molecule has 0 bridgehead atoms. The lowest BCUT2D eigenvalue weighted by Crippen LogP contribution is -2.39. The lowest BCUT2D eigenvalue weighted by Gasteiger charge is -2.19. The molecule has 3 heteroatoms. The number of amides is 1. The molecule has 2 unspecified atom stereocenters. The van der Waals surface area contributed by atoms with Crippen LogP contribution in [0.5, 0.6) is 5.75 Å². The Balaban J connectivity index is 1.61. The SMILES string of the molecule is CCC(Oc1ccc2ccccc2c1)C(=O)NCC(C)c1ccccc1. The molecule has 134 valence electrons. The third-order valence-corrected chi connectivity index (χ3v) is 4.61. The molecule has 1 N–H and O–H groups in total. The van der Waals surface area contributed by atoms with Crippen LogP contribution in [0.15, 0.2) is 72.8 Å². The Morgan fingerprint density at radius 2 is 1.65 bits per heavy atom. The second kappa shape index (κ2) is 8.52. The van der Waals surface area contributed by atoms with Crippen LogP contribution in [0.3, 0.4) is 0 Å². The van der Waals surface area contributed by atoms with E-state index in [2.05, 4.69) is 30.4 Å². The molecule has 1 amide bonds. The highest BCUT2D eigenvalue weighted by Gasteiger charge is 2.19. The van der Waals surface area contributed by atoms with Crippen molar-refractivity contribution in [2.24, 2.45) is 0 Å². The van der Waals surface area contributed by atoms with Gasteiger partial charge in [-0.05, 0) is 40.8 Å². The fourth-order valence-electron chi connectivity index (χ4n) is 2.99. The molecule has 3 rings (SSSR count). The molecule has 0 aliphatic heterocycles. The average molecular weight is 347 g/mol. The molecule has 0 heterocycles. The minimum atomic E-state index is -0.487. The molecule has 0 fully saturated rings. The van der Waals surface area contributed by atoms with Gasteiger partial charge in [-0.3, -0.25) is 4.79 Å². The van der Waals surface area contributed by atoms with Crippen molar-refractivity contribution in [2.75, 3.05) is 6.54 Å². The first kappa shape index (κ1) is 18.0. The Hall–Kier alpha value is -2.81. The van der Waals surface area contributed by atoms with Crippen molar-refractivity contribution in [2.45, 2.75) is 32.3 Å². The van der Waals surface area contributed by atoms with Crippen LogP contribution in [0.25, 0.3) is 10.8 Å². The second-order valence-electron chi connectivity index (χ2n) is 6.58. The van der Waals surface area contributed by atoms with E-state index in [-0.39, 0.29) is 11.8 Å². The van der Waals surface area contributed by atoms with E-state index in [1.807, 2.05) is 61.5 Å². The topological polar surface area (TPSA) is 38.3 Å². The molecule has 0 aliphatic rings. The van der Waals surface area contributed by atoms with Gasteiger partial charge in [-0.2, -0.15) is 0 Å². The molecule has 3 aromatic rings. The quantitative estimate of drug-likeness (QED) is 0.659. The molecule has 0 saturated heterocycles. The van der Waals surface area contributed by atoms with E-state index in [0.717, 1.165) is 16.5 Å². The zero-order chi connectivity index (χ0) is 18.4. The van der Waals surface area contributed by atoms with Gasteiger partial charge in [0.15, 0.2) is 6.10 Å². The Bertz CT molecular complexity index is 860. The monoisotopic (exact) mass is 347 g/mol. The van der Waals surface area contributed by atoms with E-state index in [1.165, 1.54) is 5.56 Å². The van der Waals surface area contributed by atoms with Crippen LogP contribution in [0.2, 0.25) is 0 Å². The fraction of sp³-hybridized carbons (Fsp3) is 0.261. The van der Waals surface area contributed by atoms with E-state index >= 15 is 0 Å². The van der Waals surface area contributed by atoms with Crippen LogP contribution in [-0.2, 0) is 4.79 Å². The van der Waals surface area contributed by atoms with Gasteiger partial charge in [-0.15, -0.1) is 0 Å². The highest BCUT2D eigenvalue weighted by Crippen LogP contribution is 2.22. The standard InChI is InChI=1S/C23H25NO2/c1-3-22(23(25)24-16-17(2)18-9-5-4-6-10-18)26-21-14-13-19-11-7-8-12-20(19)15-21/h4-15,17,22H,3,16H2,1-2H3,(H,24,25). The van der Waals surface area contributed by atoms with E-state index < -0.39 is 6.10 Å². The molecule has 0 saturated carbocycles. The predicted octanol–water partition coefficient (Wildman–Crippen LogP) is 4.92. The van der Waals surface area contributed by atoms with Gasteiger partial charge in [-0.1, -0.05) is 74.5 Å². The van der Waals surface area contributed by atoms with Gasteiger partial charge in [0.2, 0.25) is 0 Å². The first-order valence-electron chi connectivity index (χ1n) is 9.15. The maximum absolute atomic E-state index is 12.5. The molecule has 0 aromatic heterocycles. The van der Waals surface area contributed by atoms with Crippen molar-refractivity contribution >= 4 is 16.7 Å². The van der Waals surface area contributed by atoms with Gasteiger partial charge >= 0.3 is 0 Å². The first-order valence-corrected chi connectivity index (χ1v) is 9.15. The maximum atomic E-state index is 12.5. The van der Waals surface area contributed by atoms with Gasteiger partial charge in [0.25, 0.3) is 5.91 Å². The number of fused-ring (bicyclic) bond motifs is 1. The molecule has 3 nitrogen and oxygen atoms in total.